The minimum absolute atomic E-state index is 0.0894. The highest BCUT2D eigenvalue weighted by Crippen LogP contribution is 2.27. The van der Waals surface area contributed by atoms with Gasteiger partial charge in [0, 0.05) is 6.04 Å². The molecule has 1 aromatic carbocycles. The van der Waals surface area contributed by atoms with Crippen molar-refractivity contribution in [2.45, 2.75) is 32.7 Å². The second kappa shape index (κ2) is 8.05. The molecule has 1 aromatic rings. The van der Waals surface area contributed by atoms with Gasteiger partial charge in [-0.1, -0.05) is 19.9 Å². The first-order valence-electron chi connectivity index (χ1n) is 6.76. The molecular weight excluding hydrogens is 254 g/mol. The van der Waals surface area contributed by atoms with E-state index in [4.69, 9.17) is 10.00 Å². The van der Waals surface area contributed by atoms with Gasteiger partial charge >= 0.3 is 0 Å². The Balaban J connectivity index is 2.70. The SMILES string of the molecule is CCC(CC)NC(=O)CNc1c(C#N)cccc1OC. The number of hydrogen-bond acceptors (Lipinski definition) is 4. The number of nitrogens with zero attached hydrogens (tertiary/aromatic N) is 1. The van der Waals surface area contributed by atoms with Gasteiger partial charge in [0.05, 0.1) is 24.9 Å². The molecule has 2 N–H and O–H groups in total. The number of carbonyl (C=O) groups is 1. The summed E-state index contributed by atoms with van der Waals surface area (Å²) >= 11 is 0. The topological polar surface area (TPSA) is 74.2 Å². The third-order valence-electron chi connectivity index (χ3n) is 3.14. The first-order valence-corrected chi connectivity index (χ1v) is 6.76. The summed E-state index contributed by atoms with van der Waals surface area (Å²) in [5.41, 5.74) is 1.01. The van der Waals surface area contributed by atoms with Crippen LogP contribution in [0.3, 0.4) is 0 Å². The zero-order valence-electron chi connectivity index (χ0n) is 12.2. The maximum absolute atomic E-state index is 11.8. The van der Waals surface area contributed by atoms with Crippen molar-refractivity contribution in [3.05, 3.63) is 23.8 Å². The van der Waals surface area contributed by atoms with Crippen molar-refractivity contribution in [1.82, 2.24) is 5.32 Å². The molecule has 20 heavy (non-hydrogen) atoms. The summed E-state index contributed by atoms with van der Waals surface area (Å²) in [5.74, 6) is 0.466. The smallest absolute Gasteiger partial charge is 0.239 e. The molecule has 0 aliphatic carbocycles. The maximum Gasteiger partial charge on any atom is 0.239 e. The summed E-state index contributed by atoms with van der Waals surface area (Å²) in [5, 5.41) is 15.0. The lowest BCUT2D eigenvalue weighted by Gasteiger charge is -2.16. The fraction of sp³-hybridized carbons (Fsp3) is 0.467. The second-order valence-electron chi connectivity index (χ2n) is 4.43. The van der Waals surface area contributed by atoms with E-state index in [2.05, 4.69) is 16.7 Å². The average molecular weight is 275 g/mol. The molecule has 1 rings (SSSR count). The number of rotatable bonds is 7. The van der Waals surface area contributed by atoms with E-state index in [0.717, 1.165) is 12.8 Å². The van der Waals surface area contributed by atoms with Crippen molar-refractivity contribution in [1.29, 1.82) is 5.26 Å². The van der Waals surface area contributed by atoms with Gasteiger partial charge in [-0.25, -0.2) is 0 Å². The number of nitriles is 1. The van der Waals surface area contributed by atoms with Crippen molar-refractivity contribution >= 4 is 11.6 Å². The number of anilines is 1. The highest BCUT2D eigenvalue weighted by Gasteiger charge is 2.12. The normalized spacial score (nSPS) is 9.95. The minimum Gasteiger partial charge on any atom is -0.495 e. The summed E-state index contributed by atoms with van der Waals surface area (Å²) in [4.78, 5) is 11.8. The van der Waals surface area contributed by atoms with Crippen LogP contribution in [0.4, 0.5) is 5.69 Å². The summed E-state index contributed by atoms with van der Waals surface area (Å²) in [6.45, 7) is 4.19. The van der Waals surface area contributed by atoms with Crippen LogP contribution in [-0.4, -0.2) is 25.6 Å². The highest BCUT2D eigenvalue weighted by molar-refractivity contribution is 5.82. The number of carbonyl (C=O) groups excluding carboxylic acids is 1. The van der Waals surface area contributed by atoms with E-state index < -0.39 is 0 Å². The summed E-state index contributed by atoms with van der Waals surface area (Å²) in [6.07, 6.45) is 1.81. The number of ether oxygens (including phenoxy) is 1. The molecular formula is C15H21N3O2. The van der Waals surface area contributed by atoms with Crippen LogP contribution >= 0.6 is 0 Å². The zero-order chi connectivity index (χ0) is 15.0. The van der Waals surface area contributed by atoms with Crippen LogP contribution in [0.25, 0.3) is 0 Å². The molecule has 0 saturated carbocycles. The van der Waals surface area contributed by atoms with Crippen molar-refractivity contribution in [2.75, 3.05) is 19.0 Å². The molecule has 1 amide bonds. The van der Waals surface area contributed by atoms with Gasteiger partial charge < -0.3 is 15.4 Å². The van der Waals surface area contributed by atoms with E-state index in [1.807, 2.05) is 13.8 Å². The number of benzene rings is 1. The molecule has 0 unspecified atom stereocenters. The Kier molecular flexibility index (Phi) is 6.38. The van der Waals surface area contributed by atoms with Crippen LogP contribution < -0.4 is 15.4 Å². The summed E-state index contributed by atoms with van der Waals surface area (Å²) in [6, 6.07) is 7.45. The van der Waals surface area contributed by atoms with Gasteiger partial charge in [0.2, 0.25) is 5.91 Å². The molecule has 0 bridgehead atoms. The molecule has 0 fully saturated rings. The Hall–Kier alpha value is -2.22. The third kappa shape index (κ3) is 4.16. The molecule has 0 saturated heterocycles. The number of nitrogens with one attached hydrogen (secondary N) is 2. The van der Waals surface area contributed by atoms with Gasteiger partial charge in [-0.05, 0) is 25.0 Å². The van der Waals surface area contributed by atoms with E-state index in [1.54, 1.807) is 18.2 Å². The Labute approximate surface area is 119 Å². The molecule has 0 aromatic heterocycles. The number of hydrogen-bond donors (Lipinski definition) is 2. The van der Waals surface area contributed by atoms with Crippen molar-refractivity contribution < 1.29 is 9.53 Å². The Bertz CT molecular complexity index is 490. The third-order valence-corrected chi connectivity index (χ3v) is 3.14. The lowest BCUT2D eigenvalue weighted by atomic mass is 10.1. The molecule has 0 spiro atoms. The Morgan fingerprint density at radius 2 is 2.10 bits per heavy atom. The van der Waals surface area contributed by atoms with Gasteiger partial charge in [-0.2, -0.15) is 5.26 Å². The Morgan fingerprint density at radius 1 is 1.40 bits per heavy atom. The average Bonchev–Trinajstić information content (AvgIpc) is 2.49. The molecule has 5 nitrogen and oxygen atoms in total. The van der Waals surface area contributed by atoms with Gasteiger partial charge in [0.15, 0.2) is 0 Å². The number of amides is 1. The minimum atomic E-state index is -0.0894. The molecule has 0 aliphatic heterocycles. The lowest BCUT2D eigenvalue weighted by Crippen LogP contribution is -2.37. The van der Waals surface area contributed by atoms with Crippen LogP contribution in [0.2, 0.25) is 0 Å². The fourth-order valence-corrected chi connectivity index (χ4v) is 1.92. The van der Waals surface area contributed by atoms with Gasteiger partial charge in [-0.15, -0.1) is 0 Å². The van der Waals surface area contributed by atoms with Crippen LogP contribution in [-0.2, 0) is 4.79 Å². The van der Waals surface area contributed by atoms with Gasteiger partial charge in [-0.3, -0.25) is 4.79 Å². The summed E-state index contributed by atoms with van der Waals surface area (Å²) in [7, 11) is 1.53. The predicted molar refractivity (Wildman–Crippen MR) is 78.7 cm³/mol. The van der Waals surface area contributed by atoms with E-state index in [9.17, 15) is 4.79 Å². The van der Waals surface area contributed by atoms with Crippen LogP contribution in [0.1, 0.15) is 32.3 Å². The first kappa shape index (κ1) is 15.8. The molecule has 0 atom stereocenters. The monoisotopic (exact) mass is 275 g/mol. The fourth-order valence-electron chi connectivity index (χ4n) is 1.92. The molecule has 5 heteroatoms. The molecule has 0 radical (unpaired) electrons. The lowest BCUT2D eigenvalue weighted by molar-refractivity contribution is -0.120. The van der Waals surface area contributed by atoms with Crippen LogP contribution in [0.15, 0.2) is 18.2 Å². The quantitative estimate of drug-likeness (QED) is 0.800. The molecule has 0 heterocycles. The Morgan fingerprint density at radius 3 is 2.65 bits per heavy atom. The molecule has 108 valence electrons. The first-order chi connectivity index (χ1) is 9.65. The van der Waals surface area contributed by atoms with Crippen molar-refractivity contribution in [3.8, 4) is 11.8 Å². The van der Waals surface area contributed by atoms with Crippen molar-refractivity contribution in [2.24, 2.45) is 0 Å². The summed E-state index contributed by atoms with van der Waals surface area (Å²) < 4.78 is 5.20. The predicted octanol–water partition coefficient (Wildman–Crippen LogP) is 2.28. The van der Waals surface area contributed by atoms with E-state index in [-0.39, 0.29) is 18.5 Å². The van der Waals surface area contributed by atoms with Crippen molar-refractivity contribution in [3.63, 3.8) is 0 Å². The second-order valence-corrected chi connectivity index (χ2v) is 4.43. The van der Waals surface area contributed by atoms with Crippen LogP contribution in [0, 0.1) is 11.3 Å². The largest absolute Gasteiger partial charge is 0.495 e. The van der Waals surface area contributed by atoms with E-state index in [1.165, 1.54) is 7.11 Å². The van der Waals surface area contributed by atoms with Crippen LogP contribution in [0.5, 0.6) is 5.75 Å². The number of para-hydroxylation sites is 1. The van der Waals surface area contributed by atoms with E-state index >= 15 is 0 Å². The highest BCUT2D eigenvalue weighted by atomic mass is 16.5. The van der Waals surface area contributed by atoms with Gasteiger partial charge in [0.1, 0.15) is 11.8 Å². The standard InChI is InChI=1S/C15H21N3O2/c1-4-12(5-2)18-14(19)10-17-15-11(9-16)7-6-8-13(15)20-3/h6-8,12,17H,4-5,10H2,1-3H3,(H,18,19). The van der Waals surface area contributed by atoms with Gasteiger partial charge in [0.25, 0.3) is 0 Å². The molecule has 0 aliphatic rings. The number of methoxy groups -OCH3 is 1. The maximum atomic E-state index is 11.8. The zero-order valence-corrected chi connectivity index (χ0v) is 12.2. The van der Waals surface area contributed by atoms with E-state index in [0.29, 0.717) is 17.0 Å².